The van der Waals surface area contributed by atoms with Crippen molar-refractivity contribution in [2.75, 3.05) is 5.32 Å². The Kier molecular flexibility index (Phi) is 4.58. The van der Waals surface area contributed by atoms with Gasteiger partial charge in [-0.25, -0.2) is 0 Å². The van der Waals surface area contributed by atoms with Gasteiger partial charge in [-0.3, -0.25) is 9.48 Å². The van der Waals surface area contributed by atoms with Crippen LogP contribution in [-0.2, 0) is 18.3 Å². The summed E-state index contributed by atoms with van der Waals surface area (Å²) in [5, 5.41) is 7.29. The molecule has 2 atom stereocenters. The van der Waals surface area contributed by atoms with Crippen LogP contribution in [0.3, 0.4) is 0 Å². The molecule has 5 heteroatoms. The van der Waals surface area contributed by atoms with Gasteiger partial charge in [0.2, 0.25) is 5.91 Å². The van der Waals surface area contributed by atoms with E-state index < -0.39 is 0 Å². The number of hydrogen-bond donors (Lipinski definition) is 2. The predicted octanol–water partition coefficient (Wildman–Crippen LogP) is 1.83. The molecule has 1 aromatic rings. The van der Waals surface area contributed by atoms with E-state index in [4.69, 9.17) is 5.73 Å². The van der Waals surface area contributed by atoms with E-state index in [0.29, 0.717) is 12.3 Å². The number of rotatable bonds is 4. The van der Waals surface area contributed by atoms with Crippen molar-refractivity contribution in [1.82, 2.24) is 9.78 Å². The second-order valence-electron chi connectivity index (χ2n) is 5.48. The van der Waals surface area contributed by atoms with Gasteiger partial charge in [0.25, 0.3) is 0 Å². The van der Waals surface area contributed by atoms with Crippen LogP contribution in [0.25, 0.3) is 0 Å². The summed E-state index contributed by atoms with van der Waals surface area (Å²) in [5.74, 6) is 0.389. The molecule has 5 nitrogen and oxygen atoms in total. The largest absolute Gasteiger partial charge is 0.327 e. The molecule has 0 bridgehead atoms. The van der Waals surface area contributed by atoms with Crippen molar-refractivity contribution < 1.29 is 4.79 Å². The maximum Gasteiger partial charge on any atom is 0.224 e. The minimum absolute atomic E-state index is 0.0602. The fraction of sp³-hybridized carbons (Fsp3) is 0.714. The molecule has 106 valence electrons. The highest BCUT2D eigenvalue weighted by Crippen LogP contribution is 2.26. The van der Waals surface area contributed by atoms with E-state index >= 15 is 0 Å². The van der Waals surface area contributed by atoms with Crippen LogP contribution in [0.4, 0.5) is 5.69 Å². The molecule has 2 unspecified atom stereocenters. The first kappa shape index (κ1) is 14.1. The molecule has 1 aliphatic carbocycles. The third-order valence-electron chi connectivity index (χ3n) is 3.93. The zero-order valence-electron chi connectivity index (χ0n) is 11.9. The van der Waals surface area contributed by atoms with Crippen molar-refractivity contribution in [2.45, 2.75) is 51.5 Å². The van der Waals surface area contributed by atoms with Crippen molar-refractivity contribution in [1.29, 1.82) is 0 Å². The average molecular weight is 264 g/mol. The molecule has 2 rings (SSSR count). The zero-order valence-corrected chi connectivity index (χ0v) is 11.9. The zero-order chi connectivity index (χ0) is 13.8. The molecule has 0 radical (unpaired) electrons. The molecule has 1 saturated carbocycles. The fourth-order valence-corrected chi connectivity index (χ4v) is 2.83. The first-order valence-electron chi connectivity index (χ1n) is 7.18. The van der Waals surface area contributed by atoms with E-state index in [9.17, 15) is 4.79 Å². The summed E-state index contributed by atoms with van der Waals surface area (Å²) in [5.41, 5.74) is 7.85. The van der Waals surface area contributed by atoms with E-state index in [1.807, 2.05) is 20.2 Å². The topological polar surface area (TPSA) is 72.9 Å². The van der Waals surface area contributed by atoms with E-state index in [2.05, 4.69) is 10.4 Å². The lowest BCUT2D eigenvalue weighted by atomic mass is 9.83. The van der Waals surface area contributed by atoms with Gasteiger partial charge >= 0.3 is 0 Å². The molecule has 0 spiro atoms. The van der Waals surface area contributed by atoms with Crippen LogP contribution in [0.15, 0.2) is 6.20 Å². The van der Waals surface area contributed by atoms with E-state index in [1.165, 1.54) is 12.8 Å². The lowest BCUT2D eigenvalue weighted by Gasteiger charge is -2.27. The Morgan fingerprint density at radius 1 is 1.53 bits per heavy atom. The summed E-state index contributed by atoms with van der Waals surface area (Å²) in [7, 11) is 1.87. The van der Waals surface area contributed by atoms with Gasteiger partial charge in [-0.05, 0) is 25.2 Å². The lowest BCUT2D eigenvalue weighted by molar-refractivity contribution is -0.117. The molecular formula is C14H24N4O. The summed E-state index contributed by atoms with van der Waals surface area (Å²) < 4.78 is 1.74. The Morgan fingerprint density at radius 3 is 2.95 bits per heavy atom. The molecular weight excluding hydrogens is 240 g/mol. The summed E-state index contributed by atoms with van der Waals surface area (Å²) in [6, 6.07) is 0.180. The molecule has 0 aromatic carbocycles. The number of nitrogens with one attached hydrogen (secondary N) is 1. The number of hydrogen-bond acceptors (Lipinski definition) is 3. The molecule has 0 saturated heterocycles. The van der Waals surface area contributed by atoms with E-state index in [1.54, 1.807) is 4.68 Å². The number of carbonyl (C=O) groups excluding carboxylic acids is 1. The molecule has 1 amide bonds. The number of aryl methyl sites for hydroxylation is 2. The Morgan fingerprint density at radius 2 is 2.26 bits per heavy atom. The highest BCUT2D eigenvalue weighted by Gasteiger charge is 2.24. The molecule has 1 aromatic heterocycles. The maximum absolute atomic E-state index is 12.1. The van der Waals surface area contributed by atoms with Crippen LogP contribution < -0.4 is 11.1 Å². The SMILES string of the molecule is CCc1nn(C)cc1NC(=O)CC1CCCCC1N. The van der Waals surface area contributed by atoms with Gasteiger partial charge < -0.3 is 11.1 Å². The number of aromatic nitrogens is 2. The summed E-state index contributed by atoms with van der Waals surface area (Å²) in [6.07, 6.45) is 7.71. The second kappa shape index (κ2) is 6.19. The number of anilines is 1. The number of carbonyl (C=O) groups is 1. The first-order chi connectivity index (χ1) is 9.10. The Hall–Kier alpha value is -1.36. The molecule has 3 N–H and O–H groups in total. The van der Waals surface area contributed by atoms with Gasteiger partial charge in [0, 0.05) is 25.7 Å². The highest BCUT2D eigenvalue weighted by molar-refractivity contribution is 5.91. The minimum Gasteiger partial charge on any atom is -0.327 e. The predicted molar refractivity (Wildman–Crippen MR) is 75.8 cm³/mol. The van der Waals surface area contributed by atoms with Gasteiger partial charge in [0.1, 0.15) is 0 Å². The smallest absolute Gasteiger partial charge is 0.224 e. The van der Waals surface area contributed by atoms with Crippen molar-refractivity contribution in [2.24, 2.45) is 18.7 Å². The first-order valence-corrected chi connectivity index (χ1v) is 7.18. The molecule has 0 aliphatic heterocycles. The fourth-order valence-electron chi connectivity index (χ4n) is 2.83. The van der Waals surface area contributed by atoms with Crippen LogP contribution in [0.5, 0.6) is 0 Å². The molecule has 1 aliphatic rings. The maximum atomic E-state index is 12.1. The quantitative estimate of drug-likeness (QED) is 0.871. The number of nitrogens with two attached hydrogens (primary N) is 1. The third kappa shape index (κ3) is 3.56. The average Bonchev–Trinajstić information content (AvgIpc) is 2.72. The Balaban J connectivity index is 1.93. The Labute approximate surface area is 114 Å². The highest BCUT2D eigenvalue weighted by atomic mass is 16.1. The van der Waals surface area contributed by atoms with Crippen LogP contribution in [0.1, 0.15) is 44.7 Å². The number of nitrogens with zero attached hydrogens (tertiary/aromatic N) is 2. The normalized spacial score (nSPS) is 23.3. The van der Waals surface area contributed by atoms with Crippen molar-refractivity contribution >= 4 is 11.6 Å². The van der Waals surface area contributed by atoms with Crippen LogP contribution >= 0.6 is 0 Å². The van der Waals surface area contributed by atoms with Gasteiger partial charge in [-0.15, -0.1) is 0 Å². The third-order valence-corrected chi connectivity index (χ3v) is 3.93. The molecule has 19 heavy (non-hydrogen) atoms. The lowest BCUT2D eigenvalue weighted by Crippen LogP contribution is -2.35. The van der Waals surface area contributed by atoms with Crippen LogP contribution in [0.2, 0.25) is 0 Å². The van der Waals surface area contributed by atoms with E-state index in [-0.39, 0.29) is 11.9 Å². The second-order valence-corrected chi connectivity index (χ2v) is 5.48. The van der Waals surface area contributed by atoms with Crippen LogP contribution in [-0.4, -0.2) is 21.7 Å². The van der Waals surface area contributed by atoms with Gasteiger partial charge in [0.15, 0.2) is 0 Å². The standard InChI is InChI=1S/C14H24N4O/c1-3-12-13(9-18(2)17-12)16-14(19)8-10-6-4-5-7-11(10)15/h9-11H,3-8,15H2,1-2H3,(H,16,19). The summed E-state index contributed by atoms with van der Waals surface area (Å²) in [6.45, 7) is 2.04. The van der Waals surface area contributed by atoms with Gasteiger partial charge in [-0.1, -0.05) is 19.8 Å². The number of amides is 1. The van der Waals surface area contributed by atoms with Gasteiger partial charge in [0.05, 0.1) is 11.4 Å². The van der Waals surface area contributed by atoms with Gasteiger partial charge in [-0.2, -0.15) is 5.10 Å². The summed E-state index contributed by atoms with van der Waals surface area (Å²) in [4.78, 5) is 12.1. The Bertz CT molecular complexity index is 441. The molecule has 1 fully saturated rings. The van der Waals surface area contributed by atoms with Crippen LogP contribution in [0, 0.1) is 5.92 Å². The van der Waals surface area contributed by atoms with Crippen molar-refractivity contribution in [3.05, 3.63) is 11.9 Å². The summed E-state index contributed by atoms with van der Waals surface area (Å²) >= 11 is 0. The monoisotopic (exact) mass is 264 g/mol. The van der Waals surface area contributed by atoms with E-state index in [0.717, 1.165) is 30.6 Å². The molecule has 1 heterocycles. The minimum atomic E-state index is 0.0602. The van der Waals surface area contributed by atoms with Crippen molar-refractivity contribution in [3.63, 3.8) is 0 Å². The van der Waals surface area contributed by atoms with Crippen molar-refractivity contribution in [3.8, 4) is 0 Å².